The molecule has 1 aliphatic rings. The summed E-state index contributed by atoms with van der Waals surface area (Å²) >= 11 is 0. The van der Waals surface area contributed by atoms with Crippen molar-refractivity contribution in [2.45, 2.75) is 6.92 Å². The summed E-state index contributed by atoms with van der Waals surface area (Å²) in [5.41, 5.74) is 4.55. The Morgan fingerprint density at radius 1 is 0.949 bits per heavy atom. The van der Waals surface area contributed by atoms with E-state index >= 15 is 0 Å². The number of methoxy groups -OCH3 is 1. The third-order valence-corrected chi connectivity index (χ3v) is 8.17. The quantitative estimate of drug-likeness (QED) is 0.290. The third-order valence-electron chi connectivity index (χ3n) is 6.37. The topological polar surface area (TPSA) is 108 Å². The van der Waals surface area contributed by atoms with Crippen molar-refractivity contribution in [3.05, 3.63) is 89.5 Å². The molecule has 0 radical (unpaired) electrons. The van der Waals surface area contributed by atoms with Gasteiger partial charge in [-0.2, -0.15) is 0 Å². The van der Waals surface area contributed by atoms with E-state index in [1.807, 2.05) is 49.3 Å². The van der Waals surface area contributed by atoms with Crippen LogP contribution in [0.4, 0.5) is 17.1 Å². The van der Waals surface area contributed by atoms with Crippen LogP contribution in [-0.4, -0.2) is 65.2 Å². The SMILES string of the molecule is CCS(=O)(=O)N(CCN(C)C)c1ccc(N/C(=C2\C(=O)Nc3cc(C(=O)OC)ccc32)c2ccccc2)cc1. The summed E-state index contributed by atoms with van der Waals surface area (Å²) in [4.78, 5) is 27.1. The third kappa shape index (κ3) is 6.13. The average molecular weight is 549 g/mol. The summed E-state index contributed by atoms with van der Waals surface area (Å²) in [5, 5.41) is 6.23. The van der Waals surface area contributed by atoms with Crippen LogP contribution in [-0.2, 0) is 19.6 Å². The van der Waals surface area contributed by atoms with Crippen LogP contribution in [0, 0.1) is 0 Å². The summed E-state index contributed by atoms with van der Waals surface area (Å²) in [7, 11) is 1.64. The first-order valence-electron chi connectivity index (χ1n) is 12.5. The van der Waals surface area contributed by atoms with E-state index in [0.717, 1.165) is 5.56 Å². The second kappa shape index (κ2) is 11.7. The second-order valence-corrected chi connectivity index (χ2v) is 11.5. The van der Waals surface area contributed by atoms with Gasteiger partial charge in [0, 0.05) is 24.3 Å². The number of amides is 1. The summed E-state index contributed by atoms with van der Waals surface area (Å²) in [6.07, 6.45) is 0. The van der Waals surface area contributed by atoms with Crippen molar-refractivity contribution in [3.8, 4) is 0 Å². The Morgan fingerprint density at radius 2 is 1.64 bits per heavy atom. The molecule has 0 spiro atoms. The zero-order valence-corrected chi connectivity index (χ0v) is 23.2. The van der Waals surface area contributed by atoms with Crippen molar-refractivity contribution in [3.63, 3.8) is 0 Å². The molecule has 0 fully saturated rings. The van der Waals surface area contributed by atoms with E-state index in [2.05, 4.69) is 10.6 Å². The van der Waals surface area contributed by atoms with E-state index in [0.29, 0.717) is 52.5 Å². The lowest BCUT2D eigenvalue weighted by atomic mass is 9.99. The minimum Gasteiger partial charge on any atom is -0.465 e. The van der Waals surface area contributed by atoms with Crippen molar-refractivity contribution in [1.82, 2.24) is 4.90 Å². The number of nitrogens with one attached hydrogen (secondary N) is 2. The fraction of sp³-hybridized carbons (Fsp3) is 0.241. The lowest BCUT2D eigenvalue weighted by Gasteiger charge is -2.25. The molecule has 0 bridgehead atoms. The smallest absolute Gasteiger partial charge is 0.337 e. The van der Waals surface area contributed by atoms with Crippen molar-refractivity contribution in [1.29, 1.82) is 0 Å². The first kappa shape index (κ1) is 27.9. The number of sulfonamides is 1. The number of carbonyl (C=O) groups excluding carboxylic acids is 2. The maximum atomic E-state index is 13.2. The molecule has 10 heteroatoms. The zero-order chi connectivity index (χ0) is 28.2. The Labute approximate surface area is 229 Å². The van der Waals surface area contributed by atoms with Crippen molar-refractivity contribution in [2.75, 3.05) is 55.0 Å². The normalized spacial score (nSPS) is 14.0. The number of rotatable bonds is 10. The molecule has 2 N–H and O–H groups in total. The predicted octanol–water partition coefficient (Wildman–Crippen LogP) is 4.12. The Kier molecular flexibility index (Phi) is 8.37. The molecule has 1 amide bonds. The van der Waals surface area contributed by atoms with Gasteiger partial charge in [-0.15, -0.1) is 0 Å². The lowest BCUT2D eigenvalue weighted by molar-refractivity contribution is -0.110. The number of benzene rings is 3. The molecule has 0 aliphatic carbocycles. The summed E-state index contributed by atoms with van der Waals surface area (Å²) < 4.78 is 31.8. The Balaban J connectivity index is 1.73. The molecule has 3 aromatic rings. The van der Waals surface area contributed by atoms with Crippen molar-refractivity contribution < 1.29 is 22.7 Å². The van der Waals surface area contributed by atoms with Crippen LogP contribution in [0.1, 0.15) is 28.4 Å². The van der Waals surface area contributed by atoms with Crippen LogP contribution in [0.2, 0.25) is 0 Å². The minimum atomic E-state index is -3.46. The second-order valence-electron chi connectivity index (χ2n) is 9.27. The van der Waals surface area contributed by atoms with Gasteiger partial charge >= 0.3 is 5.97 Å². The molecular weight excluding hydrogens is 516 g/mol. The standard InChI is InChI=1S/C29H32N4O5S/c1-5-39(36,37)33(18-17-32(2)3)23-14-12-22(13-15-23)30-27(20-9-7-6-8-10-20)26-24-16-11-21(29(35)38-4)19-25(24)31-28(26)34/h6-16,19,30H,5,17-18H2,1-4H3,(H,31,34)/b27-26-. The summed E-state index contributed by atoms with van der Waals surface area (Å²) in [5.74, 6) is -0.800. The van der Waals surface area contributed by atoms with Crippen molar-refractivity contribution in [2.24, 2.45) is 0 Å². The summed E-state index contributed by atoms with van der Waals surface area (Å²) in [6, 6.07) is 21.5. The number of hydrogen-bond acceptors (Lipinski definition) is 7. The first-order chi connectivity index (χ1) is 18.6. The molecule has 0 saturated carbocycles. The number of anilines is 3. The Morgan fingerprint density at radius 3 is 2.26 bits per heavy atom. The van der Waals surface area contributed by atoms with Gasteiger partial charge in [-0.05, 0) is 63.0 Å². The van der Waals surface area contributed by atoms with E-state index in [9.17, 15) is 18.0 Å². The van der Waals surface area contributed by atoms with Gasteiger partial charge in [0.15, 0.2) is 0 Å². The van der Waals surface area contributed by atoms with E-state index < -0.39 is 16.0 Å². The van der Waals surface area contributed by atoms with Crippen LogP contribution >= 0.6 is 0 Å². The largest absolute Gasteiger partial charge is 0.465 e. The number of esters is 1. The van der Waals surface area contributed by atoms with E-state index in [4.69, 9.17) is 4.74 Å². The zero-order valence-electron chi connectivity index (χ0n) is 22.4. The fourth-order valence-electron chi connectivity index (χ4n) is 4.28. The van der Waals surface area contributed by atoms with Gasteiger partial charge in [0.25, 0.3) is 5.91 Å². The van der Waals surface area contributed by atoms with Gasteiger partial charge in [0.1, 0.15) is 0 Å². The van der Waals surface area contributed by atoms with Gasteiger partial charge in [0.05, 0.1) is 41.1 Å². The van der Waals surface area contributed by atoms with Crippen LogP contribution in [0.3, 0.4) is 0 Å². The number of carbonyl (C=O) groups is 2. The molecule has 39 heavy (non-hydrogen) atoms. The highest BCUT2D eigenvalue weighted by Gasteiger charge is 2.29. The van der Waals surface area contributed by atoms with Gasteiger partial charge in [-0.3, -0.25) is 9.10 Å². The maximum absolute atomic E-state index is 13.2. The molecule has 1 heterocycles. The fourth-order valence-corrected chi connectivity index (χ4v) is 5.39. The van der Waals surface area contributed by atoms with Crippen LogP contribution in [0.25, 0.3) is 11.3 Å². The van der Waals surface area contributed by atoms with Gasteiger partial charge in [-0.1, -0.05) is 36.4 Å². The highest BCUT2D eigenvalue weighted by Crippen LogP contribution is 2.38. The van der Waals surface area contributed by atoms with Gasteiger partial charge in [0.2, 0.25) is 10.0 Å². The van der Waals surface area contributed by atoms with Crippen LogP contribution in [0.5, 0.6) is 0 Å². The molecule has 9 nitrogen and oxygen atoms in total. The van der Waals surface area contributed by atoms with Gasteiger partial charge < -0.3 is 20.3 Å². The highest BCUT2D eigenvalue weighted by molar-refractivity contribution is 7.92. The monoisotopic (exact) mass is 548 g/mol. The average Bonchev–Trinajstić information content (AvgIpc) is 3.26. The maximum Gasteiger partial charge on any atom is 0.337 e. The highest BCUT2D eigenvalue weighted by atomic mass is 32.2. The molecule has 3 aromatic carbocycles. The Hall–Kier alpha value is -4.15. The number of likely N-dealkylation sites (N-methyl/N-ethyl adjacent to an activating group) is 1. The Bertz CT molecular complexity index is 1500. The van der Waals surface area contributed by atoms with Crippen molar-refractivity contribution >= 4 is 50.2 Å². The molecule has 4 rings (SSSR count). The van der Waals surface area contributed by atoms with E-state index in [-0.39, 0.29) is 11.7 Å². The molecule has 1 aliphatic heterocycles. The molecule has 0 atom stereocenters. The number of ether oxygens (including phenoxy) is 1. The van der Waals surface area contributed by atoms with Crippen LogP contribution in [0.15, 0.2) is 72.8 Å². The lowest BCUT2D eigenvalue weighted by Crippen LogP contribution is -2.37. The predicted molar refractivity (Wildman–Crippen MR) is 155 cm³/mol. The van der Waals surface area contributed by atoms with E-state index in [1.54, 1.807) is 49.4 Å². The molecule has 0 aromatic heterocycles. The summed E-state index contributed by atoms with van der Waals surface area (Å²) in [6.45, 7) is 2.54. The number of nitrogens with zero attached hydrogens (tertiary/aromatic N) is 2. The molecule has 204 valence electrons. The number of hydrogen-bond donors (Lipinski definition) is 2. The van der Waals surface area contributed by atoms with Crippen LogP contribution < -0.4 is 14.9 Å². The first-order valence-corrected chi connectivity index (χ1v) is 14.1. The molecule has 0 saturated heterocycles. The molecular formula is C29H32N4O5S. The molecule has 0 unspecified atom stereocenters. The van der Waals surface area contributed by atoms with Gasteiger partial charge in [-0.25, -0.2) is 13.2 Å². The minimum absolute atomic E-state index is 0.00308. The number of fused-ring (bicyclic) bond motifs is 1. The van der Waals surface area contributed by atoms with E-state index in [1.165, 1.54) is 11.4 Å².